The normalized spacial score (nSPS) is 13.4. The van der Waals surface area contributed by atoms with Crippen LogP contribution in [0.1, 0.15) is 32.9 Å². The summed E-state index contributed by atoms with van der Waals surface area (Å²) in [5.74, 6) is -0.247. The first-order chi connectivity index (χ1) is 10.9. The van der Waals surface area contributed by atoms with Crippen LogP contribution < -0.4 is 5.32 Å². The van der Waals surface area contributed by atoms with E-state index in [4.69, 9.17) is 0 Å². The Bertz CT molecular complexity index is 705. The molecule has 1 aromatic heterocycles. The van der Waals surface area contributed by atoms with E-state index in [0.717, 1.165) is 11.0 Å². The van der Waals surface area contributed by atoms with Crippen molar-refractivity contribution in [2.24, 2.45) is 5.41 Å². The Balaban J connectivity index is 2.01. The lowest BCUT2D eigenvalue weighted by Crippen LogP contribution is -2.39. The molecule has 1 heterocycles. The Hall–Kier alpha value is -2.27. The lowest BCUT2D eigenvalue weighted by molar-refractivity contribution is -0.117. The number of nitrogens with one attached hydrogen (secondary N) is 1. The Kier molecular flexibility index (Phi) is 5.45. The van der Waals surface area contributed by atoms with Crippen molar-refractivity contribution in [2.75, 3.05) is 6.61 Å². The SMILES string of the molecule is CC(C)(C)CC(CO)NC(=O)/C=C/c1cnc2ccccc2n1. The summed E-state index contributed by atoms with van der Waals surface area (Å²) in [5, 5.41) is 12.2. The van der Waals surface area contributed by atoms with Crippen molar-refractivity contribution < 1.29 is 9.90 Å². The third-order valence-electron chi connectivity index (χ3n) is 3.30. The lowest BCUT2D eigenvalue weighted by Gasteiger charge is -2.24. The highest BCUT2D eigenvalue weighted by atomic mass is 16.3. The summed E-state index contributed by atoms with van der Waals surface area (Å²) in [6, 6.07) is 7.32. The molecule has 5 heteroatoms. The summed E-state index contributed by atoms with van der Waals surface area (Å²) in [4.78, 5) is 20.7. The van der Waals surface area contributed by atoms with E-state index in [2.05, 4.69) is 36.1 Å². The van der Waals surface area contributed by atoms with E-state index in [1.807, 2.05) is 24.3 Å². The van der Waals surface area contributed by atoms with Crippen LogP contribution in [0.4, 0.5) is 0 Å². The molecule has 1 atom stereocenters. The average molecular weight is 313 g/mol. The number of fused-ring (bicyclic) bond motifs is 1. The molecule has 0 bridgehead atoms. The summed E-state index contributed by atoms with van der Waals surface area (Å²) in [6.45, 7) is 6.14. The van der Waals surface area contributed by atoms with E-state index in [1.54, 1.807) is 12.3 Å². The number of hydrogen-bond donors (Lipinski definition) is 2. The van der Waals surface area contributed by atoms with Gasteiger partial charge in [0.1, 0.15) is 0 Å². The topological polar surface area (TPSA) is 75.1 Å². The van der Waals surface area contributed by atoms with Gasteiger partial charge >= 0.3 is 0 Å². The highest BCUT2D eigenvalue weighted by Gasteiger charge is 2.18. The van der Waals surface area contributed by atoms with E-state index in [0.29, 0.717) is 12.1 Å². The van der Waals surface area contributed by atoms with Gasteiger partial charge in [-0.2, -0.15) is 0 Å². The molecule has 122 valence electrons. The number of aromatic nitrogens is 2. The number of carbonyl (C=O) groups is 1. The van der Waals surface area contributed by atoms with Gasteiger partial charge in [-0.05, 0) is 30.0 Å². The van der Waals surface area contributed by atoms with Crippen molar-refractivity contribution in [3.63, 3.8) is 0 Å². The molecule has 0 saturated carbocycles. The zero-order valence-electron chi connectivity index (χ0n) is 13.8. The standard InChI is InChI=1S/C18H23N3O2/c1-18(2,3)10-14(12-22)21-17(23)9-8-13-11-19-15-6-4-5-7-16(15)20-13/h4-9,11,14,22H,10,12H2,1-3H3,(H,21,23)/b9-8+. The minimum absolute atomic E-state index is 0.0359. The molecule has 0 fully saturated rings. The summed E-state index contributed by atoms with van der Waals surface area (Å²) in [5.41, 5.74) is 2.26. The Morgan fingerprint density at radius 1 is 1.30 bits per heavy atom. The van der Waals surface area contributed by atoms with Crippen LogP contribution in [0.25, 0.3) is 17.1 Å². The summed E-state index contributed by atoms with van der Waals surface area (Å²) >= 11 is 0. The molecule has 1 aromatic carbocycles. The summed E-state index contributed by atoms with van der Waals surface area (Å²) < 4.78 is 0. The number of amides is 1. The van der Waals surface area contributed by atoms with Crippen molar-refractivity contribution in [3.8, 4) is 0 Å². The lowest BCUT2D eigenvalue weighted by atomic mass is 9.88. The Labute approximate surface area is 136 Å². The maximum atomic E-state index is 12.0. The third-order valence-corrected chi connectivity index (χ3v) is 3.30. The first kappa shape index (κ1) is 17.1. The van der Waals surface area contributed by atoms with Crippen molar-refractivity contribution in [1.82, 2.24) is 15.3 Å². The predicted octanol–water partition coefficient (Wildman–Crippen LogP) is 2.56. The van der Waals surface area contributed by atoms with Gasteiger partial charge in [-0.1, -0.05) is 32.9 Å². The van der Waals surface area contributed by atoms with E-state index >= 15 is 0 Å². The second kappa shape index (κ2) is 7.33. The number of aliphatic hydroxyl groups excluding tert-OH is 1. The van der Waals surface area contributed by atoms with E-state index < -0.39 is 0 Å². The number of benzene rings is 1. The maximum Gasteiger partial charge on any atom is 0.244 e. The van der Waals surface area contributed by atoms with Crippen LogP contribution in [-0.2, 0) is 4.79 Å². The molecule has 0 aliphatic carbocycles. The van der Waals surface area contributed by atoms with Gasteiger partial charge in [-0.25, -0.2) is 4.98 Å². The maximum absolute atomic E-state index is 12.0. The molecule has 0 spiro atoms. The Morgan fingerprint density at radius 2 is 2.00 bits per heavy atom. The zero-order chi connectivity index (χ0) is 16.9. The van der Waals surface area contributed by atoms with Crippen LogP contribution >= 0.6 is 0 Å². The fraction of sp³-hybridized carbons (Fsp3) is 0.389. The van der Waals surface area contributed by atoms with Gasteiger partial charge < -0.3 is 10.4 Å². The van der Waals surface area contributed by atoms with Crippen molar-refractivity contribution in [3.05, 3.63) is 42.2 Å². The van der Waals surface area contributed by atoms with Crippen LogP contribution in [0.5, 0.6) is 0 Å². The number of para-hydroxylation sites is 2. The molecule has 0 aliphatic rings. The quantitative estimate of drug-likeness (QED) is 0.832. The minimum atomic E-state index is -0.255. The van der Waals surface area contributed by atoms with Crippen molar-refractivity contribution >= 4 is 23.0 Å². The molecule has 0 radical (unpaired) electrons. The number of rotatable bonds is 5. The predicted molar refractivity (Wildman–Crippen MR) is 91.7 cm³/mol. The highest BCUT2D eigenvalue weighted by Crippen LogP contribution is 2.20. The van der Waals surface area contributed by atoms with Gasteiger partial charge in [0.2, 0.25) is 5.91 Å². The molecule has 0 saturated heterocycles. The molecule has 2 N–H and O–H groups in total. The van der Waals surface area contributed by atoms with Gasteiger partial charge in [-0.15, -0.1) is 0 Å². The molecular weight excluding hydrogens is 290 g/mol. The molecule has 5 nitrogen and oxygen atoms in total. The van der Waals surface area contributed by atoms with Crippen LogP contribution in [0, 0.1) is 5.41 Å². The van der Waals surface area contributed by atoms with Crippen molar-refractivity contribution in [1.29, 1.82) is 0 Å². The van der Waals surface area contributed by atoms with Gasteiger partial charge in [0.15, 0.2) is 0 Å². The van der Waals surface area contributed by atoms with E-state index in [9.17, 15) is 9.90 Å². The number of nitrogens with zero attached hydrogens (tertiary/aromatic N) is 2. The fourth-order valence-electron chi connectivity index (χ4n) is 2.36. The largest absolute Gasteiger partial charge is 0.394 e. The second-order valence-corrected chi connectivity index (χ2v) is 6.77. The van der Waals surface area contributed by atoms with Crippen LogP contribution in [0.3, 0.4) is 0 Å². The number of hydrogen-bond acceptors (Lipinski definition) is 4. The van der Waals surface area contributed by atoms with Crippen molar-refractivity contribution in [2.45, 2.75) is 33.2 Å². The van der Waals surface area contributed by atoms with Gasteiger partial charge in [0, 0.05) is 6.08 Å². The van der Waals surface area contributed by atoms with Crippen LogP contribution in [-0.4, -0.2) is 33.6 Å². The van der Waals surface area contributed by atoms with Gasteiger partial charge in [0.25, 0.3) is 0 Å². The first-order valence-corrected chi connectivity index (χ1v) is 7.68. The first-order valence-electron chi connectivity index (χ1n) is 7.68. The molecule has 1 unspecified atom stereocenters. The Morgan fingerprint density at radius 3 is 2.65 bits per heavy atom. The van der Waals surface area contributed by atoms with Gasteiger partial charge in [0.05, 0.1) is 35.6 Å². The molecule has 2 aromatic rings. The zero-order valence-corrected chi connectivity index (χ0v) is 13.8. The fourth-order valence-corrected chi connectivity index (χ4v) is 2.36. The molecular formula is C18H23N3O2. The summed E-state index contributed by atoms with van der Waals surface area (Å²) in [6.07, 6.45) is 5.38. The number of carbonyl (C=O) groups excluding carboxylic acids is 1. The number of aliphatic hydroxyl groups is 1. The minimum Gasteiger partial charge on any atom is -0.394 e. The van der Waals surface area contributed by atoms with E-state index in [-0.39, 0.29) is 24.0 Å². The molecule has 0 aliphatic heterocycles. The van der Waals surface area contributed by atoms with Crippen LogP contribution in [0.15, 0.2) is 36.5 Å². The summed E-state index contributed by atoms with van der Waals surface area (Å²) in [7, 11) is 0. The second-order valence-electron chi connectivity index (χ2n) is 6.77. The highest BCUT2D eigenvalue weighted by molar-refractivity contribution is 5.91. The molecule has 23 heavy (non-hydrogen) atoms. The molecule has 2 rings (SSSR count). The monoisotopic (exact) mass is 313 g/mol. The van der Waals surface area contributed by atoms with Crippen LogP contribution in [0.2, 0.25) is 0 Å². The molecule has 1 amide bonds. The third kappa shape index (κ3) is 5.45. The van der Waals surface area contributed by atoms with Gasteiger partial charge in [-0.3, -0.25) is 9.78 Å². The van der Waals surface area contributed by atoms with E-state index in [1.165, 1.54) is 6.08 Å². The average Bonchev–Trinajstić information content (AvgIpc) is 2.50. The smallest absolute Gasteiger partial charge is 0.244 e.